The Bertz CT molecular complexity index is 192. The number of unbranched alkanes of at least 4 members (excludes halogenated alkanes) is 1. The van der Waals surface area contributed by atoms with Gasteiger partial charge in [-0.05, 0) is 20.3 Å². The molecule has 0 aromatic heterocycles. The predicted molar refractivity (Wildman–Crippen MR) is 64.9 cm³/mol. The molecule has 0 aromatic carbocycles. The van der Waals surface area contributed by atoms with Gasteiger partial charge >= 0.3 is 5.97 Å². The van der Waals surface area contributed by atoms with Gasteiger partial charge in [-0.2, -0.15) is 0 Å². The monoisotopic (exact) mass is 230 g/mol. The maximum atomic E-state index is 11.0. The minimum Gasteiger partial charge on any atom is -0.462 e. The molecule has 88 valence electrons. The lowest BCUT2D eigenvalue weighted by Crippen LogP contribution is -2.07. The Morgan fingerprint density at radius 3 is 2.73 bits per heavy atom. The standard InChI is InChI=1S/C11H22O3Si/c1-4-13-9-15-8-6-5-7-14-11(12)10(2)3/h2,4-9,15H2,1,3H3. The van der Waals surface area contributed by atoms with E-state index in [1.807, 2.05) is 6.92 Å². The molecular weight excluding hydrogens is 208 g/mol. The molecule has 0 saturated carbocycles. The number of esters is 1. The van der Waals surface area contributed by atoms with E-state index in [4.69, 9.17) is 9.47 Å². The molecule has 0 amide bonds. The van der Waals surface area contributed by atoms with Crippen molar-refractivity contribution in [2.45, 2.75) is 32.7 Å². The minimum atomic E-state index is -0.276. The van der Waals surface area contributed by atoms with Gasteiger partial charge < -0.3 is 9.47 Å². The van der Waals surface area contributed by atoms with Crippen LogP contribution < -0.4 is 0 Å². The normalized spacial score (nSPS) is 10.8. The molecule has 15 heavy (non-hydrogen) atoms. The van der Waals surface area contributed by atoms with Crippen molar-refractivity contribution in [2.75, 3.05) is 19.4 Å². The van der Waals surface area contributed by atoms with Gasteiger partial charge in [-0.3, -0.25) is 0 Å². The summed E-state index contributed by atoms with van der Waals surface area (Å²) in [7, 11) is -0.0429. The Balaban J connectivity index is 3.11. The number of carbonyl (C=O) groups excluding carboxylic acids is 1. The SMILES string of the molecule is C=C(C)C(=O)OCCCC[SiH2]COCC. The summed E-state index contributed by atoms with van der Waals surface area (Å²) in [5, 5.41) is 0. The molecule has 0 spiro atoms. The van der Waals surface area contributed by atoms with Crippen LogP contribution in [-0.2, 0) is 14.3 Å². The second-order valence-corrected chi connectivity index (χ2v) is 5.35. The second kappa shape index (κ2) is 9.92. The zero-order chi connectivity index (χ0) is 11.5. The molecule has 0 radical (unpaired) electrons. The van der Waals surface area contributed by atoms with Gasteiger partial charge in [-0.1, -0.05) is 19.0 Å². The zero-order valence-corrected chi connectivity index (χ0v) is 11.3. The fourth-order valence-electron chi connectivity index (χ4n) is 1.09. The van der Waals surface area contributed by atoms with E-state index < -0.39 is 0 Å². The molecule has 0 unspecified atom stereocenters. The van der Waals surface area contributed by atoms with Crippen LogP contribution in [0.5, 0.6) is 0 Å². The lowest BCUT2D eigenvalue weighted by atomic mass is 10.3. The Morgan fingerprint density at radius 2 is 2.13 bits per heavy atom. The van der Waals surface area contributed by atoms with Gasteiger partial charge in [0.2, 0.25) is 0 Å². The predicted octanol–water partition coefficient (Wildman–Crippen LogP) is 1.47. The van der Waals surface area contributed by atoms with Crippen LogP contribution in [0.2, 0.25) is 6.04 Å². The molecule has 4 heteroatoms. The van der Waals surface area contributed by atoms with Crippen molar-refractivity contribution in [1.29, 1.82) is 0 Å². The van der Waals surface area contributed by atoms with Gasteiger partial charge in [0.1, 0.15) is 0 Å². The molecule has 0 N–H and O–H groups in total. The van der Waals surface area contributed by atoms with E-state index in [0.717, 1.165) is 25.7 Å². The van der Waals surface area contributed by atoms with Crippen LogP contribution >= 0.6 is 0 Å². The number of hydrogen-bond donors (Lipinski definition) is 0. The van der Waals surface area contributed by atoms with Gasteiger partial charge in [0, 0.05) is 18.4 Å². The quantitative estimate of drug-likeness (QED) is 0.260. The van der Waals surface area contributed by atoms with Crippen LogP contribution in [0.3, 0.4) is 0 Å². The van der Waals surface area contributed by atoms with Crippen molar-refractivity contribution in [3.05, 3.63) is 12.2 Å². The lowest BCUT2D eigenvalue weighted by Gasteiger charge is -2.04. The minimum absolute atomic E-state index is 0.0429. The highest BCUT2D eigenvalue weighted by molar-refractivity contribution is 6.35. The van der Waals surface area contributed by atoms with Crippen LogP contribution in [0.4, 0.5) is 0 Å². The first-order valence-corrected chi connectivity index (χ1v) is 7.58. The molecule has 0 aromatic rings. The maximum Gasteiger partial charge on any atom is 0.333 e. The molecule has 0 atom stereocenters. The van der Waals surface area contributed by atoms with E-state index in [2.05, 4.69) is 6.58 Å². The third-order valence-corrected chi connectivity index (χ3v) is 3.55. The molecular formula is C11H22O3Si. The first kappa shape index (κ1) is 14.4. The van der Waals surface area contributed by atoms with E-state index in [1.165, 1.54) is 6.04 Å². The summed E-state index contributed by atoms with van der Waals surface area (Å²) in [6.07, 6.45) is 3.07. The van der Waals surface area contributed by atoms with Crippen molar-refractivity contribution in [1.82, 2.24) is 0 Å². The van der Waals surface area contributed by atoms with E-state index in [0.29, 0.717) is 12.2 Å². The molecule has 0 rings (SSSR count). The first-order valence-electron chi connectivity index (χ1n) is 5.58. The van der Waals surface area contributed by atoms with Crippen LogP contribution in [0.15, 0.2) is 12.2 Å². The number of rotatable bonds is 9. The Morgan fingerprint density at radius 1 is 1.40 bits per heavy atom. The second-order valence-electron chi connectivity index (χ2n) is 3.53. The summed E-state index contributed by atoms with van der Waals surface area (Å²) in [5.74, 6) is -0.276. The zero-order valence-electron chi connectivity index (χ0n) is 9.88. The molecule has 0 bridgehead atoms. The van der Waals surface area contributed by atoms with Crippen molar-refractivity contribution in [3.63, 3.8) is 0 Å². The topological polar surface area (TPSA) is 35.5 Å². The third kappa shape index (κ3) is 9.69. The van der Waals surface area contributed by atoms with Crippen LogP contribution in [0, 0.1) is 0 Å². The average Bonchev–Trinajstić information content (AvgIpc) is 2.21. The highest BCUT2D eigenvalue weighted by Crippen LogP contribution is 1.98. The largest absolute Gasteiger partial charge is 0.462 e. The van der Waals surface area contributed by atoms with E-state index in [1.54, 1.807) is 6.92 Å². The van der Waals surface area contributed by atoms with Crippen LogP contribution in [-0.4, -0.2) is 34.9 Å². The molecule has 0 aliphatic heterocycles. The van der Waals surface area contributed by atoms with E-state index >= 15 is 0 Å². The van der Waals surface area contributed by atoms with Crippen molar-refractivity contribution >= 4 is 15.5 Å². The Hall–Kier alpha value is -0.613. The molecule has 0 aliphatic rings. The van der Waals surface area contributed by atoms with E-state index in [9.17, 15) is 4.79 Å². The molecule has 0 fully saturated rings. The van der Waals surface area contributed by atoms with Gasteiger partial charge in [-0.25, -0.2) is 4.79 Å². The first-order chi connectivity index (χ1) is 7.18. The van der Waals surface area contributed by atoms with E-state index in [-0.39, 0.29) is 15.5 Å². The third-order valence-electron chi connectivity index (χ3n) is 1.97. The fraction of sp³-hybridized carbons (Fsp3) is 0.727. The highest BCUT2D eigenvalue weighted by Gasteiger charge is 2.01. The summed E-state index contributed by atoms with van der Waals surface area (Å²) < 4.78 is 10.3. The van der Waals surface area contributed by atoms with Gasteiger partial charge in [0.15, 0.2) is 0 Å². The summed E-state index contributed by atoms with van der Waals surface area (Å²) >= 11 is 0. The van der Waals surface area contributed by atoms with Gasteiger partial charge in [0.05, 0.1) is 16.1 Å². The summed E-state index contributed by atoms with van der Waals surface area (Å²) in [6, 6.07) is 1.27. The molecule has 0 aliphatic carbocycles. The lowest BCUT2D eigenvalue weighted by molar-refractivity contribution is -0.139. The average molecular weight is 230 g/mol. The summed E-state index contributed by atoms with van der Waals surface area (Å²) in [4.78, 5) is 11.0. The summed E-state index contributed by atoms with van der Waals surface area (Å²) in [6.45, 7) is 8.55. The number of hydrogen-bond acceptors (Lipinski definition) is 3. The smallest absolute Gasteiger partial charge is 0.333 e. The maximum absolute atomic E-state index is 11.0. The molecule has 3 nitrogen and oxygen atoms in total. The molecule has 0 heterocycles. The summed E-state index contributed by atoms with van der Waals surface area (Å²) in [5.41, 5.74) is 0.473. The number of carbonyl (C=O) groups is 1. The highest BCUT2D eigenvalue weighted by atomic mass is 28.2. The van der Waals surface area contributed by atoms with Crippen molar-refractivity contribution in [2.24, 2.45) is 0 Å². The Labute approximate surface area is 94.7 Å². The Kier molecular flexibility index (Phi) is 9.52. The van der Waals surface area contributed by atoms with Crippen LogP contribution in [0.1, 0.15) is 26.7 Å². The molecule has 0 saturated heterocycles. The van der Waals surface area contributed by atoms with Gasteiger partial charge in [0.25, 0.3) is 0 Å². The van der Waals surface area contributed by atoms with Crippen molar-refractivity contribution < 1.29 is 14.3 Å². The fourth-order valence-corrected chi connectivity index (χ4v) is 2.50. The van der Waals surface area contributed by atoms with Crippen LogP contribution in [0.25, 0.3) is 0 Å². The number of ether oxygens (including phenoxy) is 2. The van der Waals surface area contributed by atoms with Gasteiger partial charge in [-0.15, -0.1) is 0 Å². The van der Waals surface area contributed by atoms with Crippen molar-refractivity contribution in [3.8, 4) is 0 Å².